The minimum absolute atomic E-state index is 0.0370. The number of ether oxygens (including phenoxy) is 1. The standard InChI is InChI=1S/C11H8ClF3N2O2/c1-2-19-10(18)7(4-16)9-8(12)3-6(5-17-9)11(13,14)15/h3,5,7H,2H2,1H3/t7-/m1/s1. The van der Waals surface area contributed by atoms with Crippen molar-refractivity contribution in [1.29, 1.82) is 5.26 Å². The third-order valence-electron chi connectivity index (χ3n) is 2.12. The molecule has 1 aromatic heterocycles. The van der Waals surface area contributed by atoms with Gasteiger partial charge in [0.15, 0.2) is 5.92 Å². The van der Waals surface area contributed by atoms with E-state index in [4.69, 9.17) is 16.9 Å². The van der Waals surface area contributed by atoms with Gasteiger partial charge in [-0.15, -0.1) is 0 Å². The minimum atomic E-state index is -4.60. The predicted molar refractivity (Wildman–Crippen MR) is 59.2 cm³/mol. The number of carbonyl (C=O) groups excluding carboxylic acids is 1. The molecule has 0 N–H and O–H groups in total. The van der Waals surface area contributed by atoms with Crippen molar-refractivity contribution in [3.63, 3.8) is 0 Å². The molecule has 0 saturated carbocycles. The van der Waals surface area contributed by atoms with Gasteiger partial charge in [0.25, 0.3) is 0 Å². The average Bonchev–Trinajstić information content (AvgIpc) is 2.31. The second-order valence-electron chi connectivity index (χ2n) is 3.40. The van der Waals surface area contributed by atoms with Crippen LogP contribution < -0.4 is 0 Å². The first kappa shape index (κ1) is 15.2. The van der Waals surface area contributed by atoms with Crippen molar-refractivity contribution in [2.75, 3.05) is 6.61 Å². The molecule has 0 radical (unpaired) electrons. The van der Waals surface area contributed by atoms with Gasteiger partial charge in [-0.1, -0.05) is 11.6 Å². The van der Waals surface area contributed by atoms with Gasteiger partial charge < -0.3 is 4.74 Å². The van der Waals surface area contributed by atoms with E-state index in [9.17, 15) is 18.0 Å². The van der Waals surface area contributed by atoms with Crippen molar-refractivity contribution >= 4 is 17.6 Å². The van der Waals surface area contributed by atoms with E-state index in [1.807, 2.05) is 0 Å². The van der Waals surface area contributed by atoms with Gasteiger partial charge >= 0.3 is 12.1 Å². The van der Waals surface area contributed by atoms with E-state index >= 15 is 0 Å². The van der Waals surface area contributed by atoms with Crippen LogP contribution >= 0.6 is 11.6 Å². The Balaban J connectivity index is 3.15. The third kappa shape index (κ3) is 3.58. The largest absolute Gasteiger partial charge is 0.465 e. The molecule has 1 atom stereocenters. The van der Waals surface area contributed by atoms with Crippen LogP contribution in [0.3, 0.4) is 0 Å². The number of esters is 1. The lowest BCUT2D eigenvalue weighted by atomic mass is 10.1. The number of nitrogens with zero attached hydrogens (tertiary/aromatic N) is 2. The van der Waals surface area contributed by atoms with Crippen LogP contribution in [0.2, 0.25) is 5.02 Å². The van der Waals surface area contributed by atoms with Gasteiger partial charge in [-0.25, -0.2) is 0 Å². The van der Waals surface area contributed by atoms with Crippen LogP contribution in [0.15, 0.2) is 12.3 Å². The van der Waals surface area contributed by atoms with Crippen molar-refractivity contribution in [2.24, 2.45) is 0 Å². The fourth-order valence-electron chi connectivity index (χ4n) is 1.27. The minimum Gasteiger partial charge on any atom is -0.465 e. The molecule has 0 fully saturated rings. The lowest BCUT2D eigenvalue weighted by molar-refractivity contribution is -0.143. The molecule has 0 amide bonds. The molecular formula is C11H8ClF3N2O2. The molecular weight excluding hydrogens is 285 g/mol. The van der Waals surface area contributed by atoms with Crippen molar-refractivity contribution < 1.29 is 22.7 Å². The maximum absolute atomic E-state index is 12.4. The number of rotatable bonds is 3. The number of pyridine rings is 1. The summed E-state index contributed by atoms with van der Waals surface area (Å²) in [6, 6.07) is 2.22. The van der Waals surface area contributed by atoms with E-state index < -0.39 is 28.6 Å². The van der Waals surface area contributed by atoms with Crippen LogP contribution in [-0.2, 0) is 15.7 Å². The Kier molecular flexibility index (Phi) is 4.72. The second kappa shape index (κ2) is 5.89. The van der Waals surface area contributed by atoms with E-state index in [-0.39, 0.29) is 12.3 Å². The molecule has 0 saturated heterocycles. The van der Waals surface area contributed by atoms with E-state index in [0.717, 1.165) is 0 Å². The van der Waals surface area contributed by atoms with Crippen LogP contribution in [0.5, 0.6) is 0 Å². The number of nitriles is 1. The first-order chi connectivity index (χ1) is 8.81. The fourth-order valence-corrected chi connectivity index (χ4v) is 1.54. The van der Waals surface area contributed by atoms with E-state index in [1.165, 1.54) is 6.92 Å². The Hall–Kier alpha value is -1.81. The van der Waals surface area contributed by atoms with Crippen molar-refractivity contribution in [2.45, 2.75) is 19.0 Å². The zero-order valence-electron chi connectivity index (χ0n) is 9.66. The summed E-state index contributed by atoms with van der Waals surface area (Å²) in [6.07, 6.45) is -4.08. The van der Waals surface area contributed by atoms with Gasteiger partial charge in [0.2, 0.25) is 0 Å². The van der Waals surface area contributed by atoms with Crippen LogP contribution in [0.25, 0.3) is 0 Å². The lowest BCUT2D eigenvalue weighted by Crippen LogP contribution is -2.17. The van der Waals surface area contributed by atoms with Gasteiger partial charge in [-0.3, -0.25) is 9.78 Å². The highest BCUT2D eigenvalue weighted by molar-refractivity contribution is 6.31. The first-order valence-corrected chi connectivity index (χ1v) is 5.48. The van der Waals surface area contributed by atoms with Gasteiger partial charge in [0.05, 0.1) is 29.0 Å². The molecule has 0 aliphatic heterocycles. The number of aromatic nitrogens is 1. The third-order valence-corrected chi connectivity index (χ3v) is 2.42. The molecule has 8 heteroatoms. The molecule has 102 valence electrons. The molecule has 1 rings (SSSR count). The number of hydrogen-bond acceptors (Lipinski definition) is 4. The maximum atomic E-state index is 12.4. The van der Waals surface area contributed by atoms with Crippen molar-refractivity contribution in [3.05, 3.63) is 28.5 Å². The Bertz CT molecular complexity index is 526. The lowest BCUT2D eigenvalue weighted by Gasteiger charge is -2.12. The Labute approximate surface area is 111 Å². The van der Waals surface area contributed by atoms with E-state index in [0.29, 0.717) is 12.3 Å². The number of halogens is 4. The van der Waals surface area contributed by atoms with Gasteiger partial charge in [-0.2, -0.15) is 18.4 Å². The summed E-state index contributed by atoms with van der Waals surface area (Å²) in [6.45, 7) is 1.57. The van der Waals surface area contributed by atoms with Crippen LogP contribution in [-0.4, -0.2) is 17.6 Å². The summed E-state index contributed by atoms with van der Waals surface area (Å²) in [7, 11) is 0. The van der Waals surface area contributed by atoms with Gasteiger partial charge in [-0.05, 0) is 13.0 Å². The van der Waals surface area contributed by atoms with Crippen LogP contribution in [0.1, 0.15) is 24.1 Å². The second-order valence-corrected chi connectivity index (χ2v) is 3.81. The number of hydrogen-bond donors (Lipinski definition) is 0. The Morgan fingerprint density at radius 2 is 2.26 bits per heavy atom. The molecule has 0 spiro atoms. The van der Waals surface area contributed by atoms with Crippen molar-refractivity contribution in [3.8, 4) is 6.07 Å². The Morgan fingerprint density at radius 3 is 2.68 bits per heavy atom. The highest BCUT2D eigenvalue weighted by Crippen LogP contribution is 2.32. The molecule has 0 aliphatic rings. The molecule has 0 aromatic carbocycles. The van der Waals surface area contributed by atoms with Crippen molar-refractivity contribution in [1.82, 2.24) is 4.98 Å². The number of carbonyl (C=O) groups is 1. The molecule has 0 bridgehead atoms. The molecule has 1 heterocycles. The quantitative estimate of drug-likeness (QED) is 0.804. The van der Waals surface area contributed by atoms with E-state index in [1.54, 1.807) is 6.07 Å². The normalized spacial score (nSPS) is 12.6. The molecule has 0 unspecified atom stereocenters. The summed E-state index contributed by atoms with van der Waals surface area (Å²) in [5, 5.41) is 8.45. The van der Waals surface area contributed by atoms with Crippen LogP contribution in [0.4, 0.5) is 13.2 Å². The zero-order chi connectivity index (χ0) is 14.6. The first-order valence-electron chi connectivity index (χ1n) is 5.10. The monoisotopic (exact) mass is 292 g/mol. The summed E-state index contributed by atoms with van der Waals surface area (Å²) in [5.41, 5.74) is -1.31. The predicted octanol–water partition coefficient (Wildman–Crippen LogP) is 2.92. The van der Waals surface area contributed by atoms with Crippen LogP contribution in [0, 0.1) is 11.3 Å². The Morgan fingerprint density at radius 1 is 1.63 bits per heavy atom. The summed E-state index contributed by atoms with van der Waals surface area (Å²) in [5.74, 6) is -2.35. The SMILES string of the molecule is CCOC(=O)[C@H](C#N)c1ncc(C(F)(F)F)cc1Cl. The van der Waals surface area contributed by atoms with E-state index in [2.05, 4.69) is 9.72 Å². The summed E-state index contributed by atoms with van der Waals surface area (Å²) >= 11 is 5.63. The fraction of sp³-hybridized carbons (Fsp3) is 0.364. The number of alkyl halides is 3. The smallest absolute Gasteiger partial charge is 0.417 e. The molecule has 19 heavy (non-hydrogen) atoms. The van der Waals surface area contributed by atoms with Gasteiger partial charge in [0, 0.05) is 6.20 Å². The highest BCUT2D eigenvalue weighted by Gasteiger charge is 2.33. The average molecular weight is 293 g/mol. The topological polar surface area (TPSA) is 63.0 Å². The molecule has 1 aromatic rings. The molecule has 0 aliphatic carbocycles. The maximum Gasteiger partial charge on any atom is 0.417 e. The zero-order valence-corrected chi connectivity index (χ0v) is 10.4. The summed E-state index contributed by atoms with van der Waals surface area (Å²) < 4.78 is 41.8. The highest BCUT2D eigenvalue weighted by atomic mass is 35.5. The van der Waals surface area contributed by atoms with Gasteiger partial charge in [0.1, 0.15) is 0 Å². The molecule has 4 nitrogen and oxygen atoms in total. The summed E-state index contributed by atoms with van der Waals surface area (Å²) in [4.78, 5) is 14.9.